The van der Waals surface area contributed by atoms with Gasteiger partial charge in [-0.3, -0.25) is 10.2 Å². The molecule has 1 aliphatic rings. The first kappa shape index (κ1) is 23.8. The minimum absolute atomic E-state index is 0.0892. The number of carbonyl (C=O) groups is 1. The van der Waals surface area contributed by atoms with Crippen LogP contribution in [-0.2, 0) is 11.2 Å². The number of imidazole rings is 1. The number of hydrazine groups is 1. The Bertz CT molecular complexity index is 1130. The highest BCUT2D eigenvalue weighted by molar-refractivity contribution is 5.84. The van der Waals surface area contributed by atoms with Crippen LogP contribution in [0.2, 0.25) is 0 Å². The fourth-order valence-corrected chi connectivity index (χ4v) is 4.26. The molecule has 1 aromatic carbocycles. The fourth-order valence-electron chi connectivity index (χ4n) is 4.26. The molecule has 0 radical (unpaired) electrons. The number of nitrogens with zero attached hydrogens (tertiary/aromatic N) is 4. The largest absolute Gasteiger partial charge is 0.394 e. The number of carbonyl (C=O) groups excluding carboxylic acids is 1. The summed E-state index contributed by atoms with van der Waals surface area (Å²) in [6.07, 6.45) is -0.272. The molecule has 3 aromatic rings. The molecular weight excluding hydrogens is 444 g/mol. The number of hydrogen-bond acceptors (Lipinski definition) is 11. The molecule has 13 heteroatoms. The monoisotopic (exact) mass is 472 g/mol. The average molecular weight is 473 g/mol. The maximum absolute atomic E-state index is 11.6. The zero-order valence-corrected chi connectivity index (χ0v) is 18.2. The van der Waals surface area contributed by atoms with E-state index in [2.05, 4.69) is 31.0 Å². The molecule has 0 aliphatic heterocycles. The van der Waals surface area contributed by atoms with Crippen molar-refractivity contribution in [3.63, 3.8) is 0 Å². The van der Waals surface area contributed by atoms with Crippen molar-refractivity contribution in [1.29, 1.82) is 0 Å². The lowest BCUT2D eigenvalue weighted by Gasteiger charge is -2.19. The van der Waals surface area contributed by atoms with Crippen molar-refractivity contribution in [3.8, 4) is 0 Å². The van der Waals surface area contributed by atoms with Gasteiger partial charge in [-0.2, -0.15) is 9.97 Å². The smallest absolute Gasteiger partial charge is 0.246 e. The Hall–Kier alpha value is -3.36. The van der Waals surface area contributed by atoms with Crippen LogP contribution in [0.1, 0.15) is 18.0 Å². The number of nitrogens with two attached hydrogens (primary N) is 1. The summed E-state index contributed by atoms with van der Waals surface area (Å²) in [4.78, 5) is 24.7. The van der Waals surface area contributed by atoms with Crippen molar-refractivity contribution in [2.24, 2.45) is 5.84 Å². The van der Waals surface area contributed by atoms with E-state index in [1.54, 1.807) is 4.57 Å². The Kier molecular flexibility index (Phi) is 7.19. The second-order valence-corrected chi connectivity index (χ2v) is 8.19. The molecule has 4 rings (SSSR count). The van der Waals surface area contributed by atoms with Crippen molar-refractivity contribution in [1.82, 2.24) is 24.8 Å². The number of aliphatic hydroxyl groups is 4. The van der Waals surface area contributed by atoms with Gasteiger partial charge in [0.15, 0.2) is 17.0 Å². The molecule has 34 heavy (non-hydrogen) atoms. The molecule has 1 aliphatic carbocycles. The molecule has 0 bridgehead atoms. The predicted octanol–water partition coefficient (Wildman–Crippen LogP) is -1.73. The number of aromatic nitrogens is 4. The topological polar surface area (TPSA) is 204 Å². The van der Waals surface area contributed by atoms with Gasteiger partial charge in [-0.1, -0.05) is 30.3 Å². The third-order valence-electron chi connectivity index (χ3n) is 5.94. The molecule has 182 valence electrons. The number of rotatable bonds is 9. The normalized spacial score (nSPS) is 23.1. The molecule has 9 N–H and O–H groups in total. The van der Waals surface area contributed by atoms with Gasteiger partial charge in [-0.05, 0) is 18.4 Å². The molecule has 2 aromatic heterocycles. The second kappa shape index (κ2) is 10.3. The van der Waals surface area contributed by atoms with Crippen molar-refractivity contribution >= 4 is 28.8 Å². The van der Waals surface area contributed by atoms with Crippen LogP contribution in [0.3, 0.4) is 0 Å². The number of nitrogen functional groups attached to an aromatic ring is 1. The van der Waals surface area contributed by atoms with Crippen LogP contribution in [0.15, 0.2) is 36.7 Å². The highest BCUT2D eigenvalue weighted by atomic mass is 16.3. The Balaban J connectivity index is 1.63. The first-order valence-electron chi connectivity index (χ1n) is 10.8. The van der Waals surface area contributed by atoms with Crippen molar-refractivity contribution in [2.45, 2.75) is 43.2 Å². The zero-order chi connectivity index (χ0) is 24.2. The molecular formula is C21H28N8O5. The summed E-state index contributed by atoms with van der Waals surface area (Å²) in [6.45, 7) is -0.882. The number of fused-ring (bicyclic) bond motifs is 1. The van der Waals surface area contributed by atoms with Crippen molar-refractivity contribution < 1.29 is 25.2 Å². The minimum atomic E-state index is -1.24. The van der Waals surface area contributed by atoms with Crippen LogP contribution in [0.25, 0.3) is 11.2 Å². The first-order chi connectivity index (χ1) is 16.4. The number of benzene rings is 1. The van der Waals surface area contributed by atoms with Crippen LogP contribution < -0.4 is 21.9 Å². The lowest BCUT2D eigenvalue weighted by Crippen LogP contribution is -2.44. The van der Waals surface area contributed by atoms with Crippen LogP contribution in [0, 0.1) is 0 Å². The van der Waals surface area contributed by atoms with Gasteiger partial charge in [0.25, 0.3) is 0 Å². The Morgan fingerprint density at radius 1 is 1.18 bits per heavy atom. The number of aliphatic hydroxyl groups excluding tert-OH is 4. The van der Waals surface area contributed by atoms with Crippen molar-refractivity contribution in [3.05, 3.63) is 42.2 Å². The van der Waals surface area contributed by atoms with Crippen molar-refractivity contribution in [2.75, 3.05) is 24.0 Å². The standard InChI is InChI=1S/C21H28N8O5/c22-28-21-26-19(24-12(8-30)6-11-4-2-1-3-5-11)16-20(27-21)29(10-23-16)14-7-13(17(33)18(14)34)25-15(32)9-31/h1-5,10,12-14,17-18,30-31,33-34H,6-9,22H2,(H,25,32)(H2,24,26,27,28)/t12-,13-,14+,17+,18-/m0/s1. The van der Waals surface area contributed by atoms with E-state index in [1.165, 1.54) is 6.33 Å². The lowest BCUT2D eigenvalue weighted by molar-refractivity contribution is -0.125. The molecule has 1 saturated carbocycles. The van der Waals surface area contributed by atoms with E-state index in [0.717, 1.165) is 5.56 Å². The van der Waals surface area contributed by atoms with Gasteiger partial charge in [-0.15, -0.1) is 0 Å². The summed E-state index contributed by atoms with van der Waals surface area (Å²) in [6, 6.07) is 7.89. The van der Waals surface area contributed by atoms with E-state index >= 15 is 0 Å². The number of nitrogens with one attached hydrogen (secondary N) is 3. The molecule has 5 atom stereocenters. The number of amides is 1. The van der Waals surface area contributed by atoms with Crippen LogP contribution >= 0.6 is 0 Å². The summed E-state index contributed by atoms with van der Waals surface area (Å²) in [5.41, 5.74) is 4.16. The lowest BCUT2D eigenvalue weighted by atomic mass is 10.1. The third-order valence-corrected chi connectivity index (χ3v) is 5.94. The van der Waals surface area contributed by atoms with Gasteiger partial charge in [0, 0.05) is 0 Å². The quantitative estimate of drug-likeness (QED) is 0.130. The molecule has 0 saturated heterocycles. The molecule has 0 spiro atoms. The second-order valence-electron chi connectivity index (χ2n) is 8.19. The Morgan fingerprint density at radius 3 is 2.62 bits per heavy atom. The average Bonchev–Trinajstić information content (AvgIpc) is 3.40. The summed E-state index contributed by atoms with van der Waals surface area (Å²) in [5, 5.41) is 45.6. The van der Waals surface area contributed by atoms with E-state index in [9.17, 15) is 20.1 Å². The Labute approximate surface area is 194 Å². The zero-order valence-electron chi connectivity index (χ0n) is 18.2. The fraction of sp³-hybridized carbons (Fsp3) is 0.429. The van der Waals surface area contributed by atoms with Gasteiger partial charge >= 0.3 is 0 Å². The summed E-state index contributed by atoms with van der Waals surface area (Å²) < 4.78 is 1.59. The summed E-state index contributed by atoms with van der Waals surface area (Å²) >= 11 is 0. The van der Waals surface area contributed by atoms with Gasteiger partial charge in [-0.25, -0.2) is 10.8 Å². The molecule has 2 heterocycles. The minimum Gasteiger partial charge on any atom is -0.394 e. The SMILES string of the molecule is NNc1nc(N[C@H](CO)Cc2ccccc2)c2ncn([C@@H]3C[C@H](NC(=O)CO)[C@@H](O)[C@H]3O)c2n1. The highest BCUT2D eigenvalue weighted by Crippen LogP contribution is 2.34. The van der Waals surface area contributed by atoms with E-state index in [1.807, 2.05) is 30.3 Å². The van der Waals surface area contributed by atoms with E-state index in [0.29, 0.717) is 23.4 Å². The maximum Gasteiger partial charge on any atom is 0.246 e. The van der Waals surface area contributed by atoms with E-state index in [-0.39, 0.29) is 25.0 Å². The predicted molar refractivity (Wildman–Crippen MR) is 122 cm³/mol. The first-order valence-corrected chi connectivity index (χ1v) is 10.8. The van der Waals surface area contributed by atoms with E-state index in [4.69, 9.17) is 10.9 Å². The van der Waals surface area contributed by atoms with Gasteiger partial charge in [0.2, 0.25) is 11.9 Å². The number of anilines is 2. The van der Waals surface area contributed by atoms with Crippen LogP contribution in [0.4, 0.5) is 11.8 Å². The van der Waals surface area contributed by atoms with E-state index < -0.39 is 36.8 Å². The van der Waals surface area contributed by atoms with Gasteiger partial charge < -0.3 is 35.6 Å². The molecule has 0 unspecified atom stereocenters. The Morgan fingerprint density at radius 2 is 1.94 bits per heavy atom. The highest BCUT2D eigenvalue weighted by Gasteiger charge is 2.43. The third kappa shape index (κ3) is 4.78. The molecule has 13 nitrogen and oxygen atoms in total. The summed E-state index contributed by atoms with van der Waals surface area (Å²) in [5.74, 6) is 5.35. The van der Waals surface area contributed by atoms with Gasteiger partial charge in [0.05, 0.1) is 31.1 Å². The summed E-state index contributed by atoms with van der Waals surface area (Å²) in [7, 11) is 0. The molecule has 1 fully saturated rings. The molecule has 1 amide bonds. The number of hydrogen-bond donors (Lipinski definition) is 8. The van der Waals surface area contributed by atoms with Gasteiger partial charge in [0.1, 0.15) is 18.8 Å². The maximum atomic E-state index is 11.6. The van der Waals surface area contributed by atoms with Crippen LogP contribution in [-0.4, -0.2) is 83.4 Å². The van der Waals surface area contributed by atoms with Crippen LogP contribution in [0.5, 0.6) is 0 Å².